The zero-order chi connectivity index (χ0) is 13.7. The van der Waals surface area contributed by atoms with Crippen molar-refractivity contribution in [2.45, 2.75) is 38.3 Å². The van der Waals surface area contributed by atoms with Gasteiger partial charge in [-0.2, -0.15) is 0 Å². The van der Waals surface area contributed by atoms with Gasteiger partial charge >= 0.3 is 5.97 Å². The molecule has 1 fully saturated rings. The average Bonchev–Trinajstić information content (AvgIpc) is 2.39. The van der Waals surface area contributed by atoms with Crippen molar-refractivity contribution in [2.75, 3.05) is 20.2 Å². The Morgan fingerprint density at radius 2 is 2.22 bits per heavy atom. The highest BCUT2D eigenvalue weighted by Crippen LogP contribution is 2.26. The molecule has 1 aliphatic rings. The van der Waals surface area contributed by atoms with E-state index in [4.69, 9.17) is 10.5 Å². The standard InChI is InChI=1S/C12H22N2O4/c1-3-8-4-5-14(9(6-8)12(16)17)11(15)10(7-13)18-2/h8-10H,3-7,13H2,1-2H3,(H,16,17). The smallest absolute Gasteiger partial charge is 0.326 e. The van der Waals surface area contributed by atoms with E-state index in [-0.39, 0.29) is 12.5 Å². The Hall–Kier alpha value is -1.14. The molecule has 6 nitrogen and oxygen atoms in total. The summed E-state index contributed by atoms with van der Waals surface area (Å²) in [5.41, 5.74) is 5.45. The molecule has 1 rings (SSSR count). The molecule has 0 aliphatic carbocycles. The minimum atomic E-state index is -0.951. The lowest BCUT2D eigenvalue weighted by atomic mass is 9.88. The molecule has 0 bridgehead atoms. The van der Waals surface area contributed by atoms with Gasteiger partial charge in [0.05, 0.1) is 0 Å². The fraction of sp³-hybridized carbons (Fsp3) is 0.833. The molecule has 1 aliphatic heterocycles. The molecule has 0 aromatic heterocycles. The summed E-state index contributed by atoms with van der Waals surface area (Å²) in [4.78, 5) is 24.8. The van der Waals surface area contributed by atoms with Crippen LogP contribution in [0.3, 0.4) is 0 Å². The summed E-state index contributed by atoms with van der Waals surface area (Å²) < 4.78 is 4.99. The number of carbonyl (C=O) groups excluding carboxylic acids is 1. The highest BCUT2D eigenvalue weighted by atomic mass is 16.5. The molecule has 18 heavy (non-hydrogen) atoms. The normalized spacial score (nSPS) is 25.8. The Labute approximate surface area is 107 Å². The number of carbonyl (C=O) groups is 2. The third kappa shape index (κ3) is 3.20. The Morgan fingerprint density at radius 1 is 1.56 bits per heavy atom. The number of hydrogen-bond donors (Lipinski definition) is 2. The van der Waals surface area contributed by atoms with Crippen molar-refractivity contribution in [3.8, 4) is 0 Å². The molecule has 0 radical (unpaired) electrons. The van der Waals surface area contributed by atoms with Gasteiger partial charge in [0.25, 0.3) is 5.91 Å². The topological polar surface area (TPSA) is 92.9 Å². The lowest BCUT2D eigenvalue weighted by Gasteiger charge is -2.38. The second kappa shape index (κ2) is 6.70. The molecule has 1 heterocycles. The van der Waals surface area contributed by atoms with Crippen LogP contribution in [0.15, 0.2) is 0 Å². The van der Waals surface area contributed by atoms with Gasteiger partial charge in [-0.25, -0.2) is 4.79 Å². The van der Waals surface area contributed by atoms with E-state index >= 15 is 0 Å². The largest absolute Gasteiger partial charge is 0.480 e. The van der Waals surface area contributed by atoms with Crippen LogP contribution in [0.2, 0.25) is 0 Å². The first-order chi connectivity index (χ1) is 8.54. The maximum absolute atomic E-state index is 12.1. The zero-order valence-corrected chi connectivity index (χ0v) is 11.0. The first-order valence-electron chi connectivity index (χ1n) is 6.31. The van der Waals surface area contributed by atoms with Crippen LogP contribution in [-0.2, 0) is 14.3 Å². The Morgan fingerprint density at radius 3 is 2.67 bits per heavy atom. The van der Waals surface area contributed by atoms with E-state index in [1.807, 2.05) is 6.92 Å². The number of carboxylic acid groups (broad SMARTS) is 1. The summed E-state index contributed by atoms with van der Waals surface area (Å²) in [7, 11) is 1.41. The van der Waals surface area contributed by atoms with Crippen LogP contribution < -0.4 is 5.73 Å². The van der Waals surface area contributed by atoms with Gasteiger partial charge in [0.2, 0.25) is 0 Å². The SMILES string of the molecule is CCC1CCN(C(=O)C(CN)OC)C(C(=O)O)C1. The quantitative estimate of drug-likeness (QED) is 0.727. The number of ether oxygens (including phenoxy) is 1. The summed E-state index contributed by atoms with van der Waals surface area (Å²) in [5, 5.41) is 9.23. The fourth-order valence-electron chi connectivity index (χ4n) is 2.39. The lowest BCUT2D eigenvalue weighted by molar-refractivity contribution is -0.158. The van der Waals surface area contributed by atoms with Gasteiger partial charge < -0.3 is 20.5 Å². The van der Waals surface area contributed by atoms with Gasteiger partial charge in [0.1, 0.15) is 12.1 Å². The van der Waals surface area contributed by atoms with E-state index in [0.29, 0.717) is 18.9 Å². The Bertz CT molecular complexity index is 304. The van der Waals surface area contributed by atoms with Crippen molar-refractivity contribution in [1.82, 2.24) is 4.90 Å². The number of likely N-dealkylation sites (tertiary alicyclic amines) is 1. The van der Waals surface area contributed by atoms with E-state index in [1.54, 1.807) is 0 Å². The molecule has 0 saturated carbocycles. The molecule has 0 aromatic carbocycles. The lowest BCUT2D eigenvalue weighted by Crippen LogP contribution is -2.54. The van der Waals surface area contributed by atoms with E-state index in [1.165, 1.54) is 12.0 Å². The van der Waals surface area contributed by atoms with Gasteiger partial charge in [-0.3, -0.25) is 4.79 Å². The van der Waals surface area contributed by atoms with Crippen LogP contribution in [0.1, 0.15) is 26.2 Å². The summed E-state index contributed by atoms with van der Waals surface area (Å²) in [5.74, 6) is -0.899. The number of rotatable bonds is 5. The van der Waals surface area contributed by atoms with E-state index in [2.05, 4.69) is 0 Å². The number of amides is 1. The van der Waals surface area contributed by atoms with Crippen molar-refractivity contribution < 1.29 is 19.4 Å². The monoisotopic (exact) mass is 258 g/mol. The highest BCUT2D eigenvalue weighted by molar-refractivity contribution is 5.86. The molecule has 0 aromatic rings. The van der Waals surface area contributed by atoms with Crippen molar-refractivity contribution in [3.05, 3.63) is 0 Å². The molecule has 1 amide bonds. The van der Waals surface area contributed by atoms with Crippen molar-refractivity contribution >= 4 is 11.9 Å². The second-order valence-corrected chi connectivity index (χ2v) is 4.64. The number of piperidine rings is 1. The van der Waals surface area contributed by atoms with Crippen LogP contribution in [0.25, 0.3) is 0 Å². The predicted octanol–water partition coefficient (Wildman–Crippen LogP) is 0.0619. The minimum absolute atomic E-state index is 0.0649. The molecule has 104 valence electrons. The number of aliphatic carboxylic acids is 1. The first kappa shape index (κ1) is 14.9. The molecule has 1 saturated heterocycles. The molecule has 3 unspecified atom stereocenters. The van der Waals surface area contributed by atoms with E-state index < -0.39 is 18.1 Å². The molecule has 0 spiro atoms. The molecular weight excluding hydrogens is 236 g/mol. The highest BCUT2D eigenvalue weighted by Gasteiger charge is 2.37. The van der Waals surface area contributed by atoms with Crippen LogP contribution in [0.4, 0.5) is 0 Å². The van der Waals surface area contributed by atoms with Crippen molar-refractivity contribution in [2.24, 2.45) is 11.7 Å². The zero-order valence-electron chi connectivity index (χ0n) is 11.0. The molecule has 3 N–H and O–H groups in total. The third-order valence-electron chi connectivity index (χ3n) is 3.63. The Balaban J connectivity index is 2.79. The average molecular weight is 258 g/mol. The predicted molar refractivity (Wildman–Crippen MR) is 66.0 cm³/mol. The van der Waals surface area contributed by atoms with Crippen molar-refractivity contribution in [3.63, 3.8) is 0 Å². The number of methoxy groups -OCH3 is 1. The minimum Gasteiger partial charge on any atom is -0.480 e. The van der Waals surface area contributed by atoms with Gasteiger partial charge in [0, 0.05) is 20.2 Å². The van der Waals surface area contributed by atoms with Gasteiger partial charge in [-0.1, -0.05) is 13.3 Å². The summed E-state index contributed by atoms with van der Waals surface area (Å²) in [6.45, 7) is 2.57. The van der Waals surface area contributed by atoms with Crippen molar-refractivity contribution in [1.29, 1.82) is 0 Å². The Kier molecular flexibility index (Phi) is 5.55. The molecular formula is C12H22N2O4. The molecule has 6 heteroatoms. The molecule has 3 atom stereocenters. The summed E-state index contributed by atoms with van der Waals surface area (Å²) >= 11 is 0. The summed E-state index contributed by atoms with van der Waals surface area (Å²) in [6.07, 6.45) is 1.55. The maximum Gasteiger partial charge on any atom is 0.326 e. The van der Waals surface area contributed by atoms with Crippen LogP contribution in [0.5, 0.6) is 0 Å². The number of carboxylic acids is 1. The number of nitrogens with zero attached hydrogens (tertiary/aromatic N) is 1. The van der Waals surface area contributed by atoms with Gasteiger partial charge in [0.15, 0.2) is 0 Å². The second-order valence-electron chi connectivity index (χ2n) is 4.64. The maximum atomic E-state index is 12.1. The van der Waals surface area contributed by atoms with Gasteiger partial charge in [-0.05, 0) is 18.8 Å². The van der Waals surface area contributed by atoms with Crippen LogP contribution >= 0.6 is 0 Å². The van der Waals surface area contributed by atoms with E-state index in [9.17, 15) is 14.7 Å². The van der Waals surface area contributed by atoms with Crippen LogP contribution in [-0.4, -0.2) is 54.2 Å². The van der Waals surface area contributed by atoms with Crippen LogP contribution in [0, 0.1) is 5.92 Å². The van der Waals surface area contributed by atoms with Gasteiger partial charge in [-0.15, -0.1) is 0 Å². The third-order valence-corrected chi connectivity index (χ3v) is 3.63. The van der Waals surface area contributed by atoms with E-state index in [0.717, 1.165) is 12.8 Å². The summed E-state index contributed by atoms with van der Waals surface area (Å²) in [6, 6.07) is -0.750. The number of nitrogens with two attached hydrogens (primary N) is 1. The fourth-order valence-corrected chi connectivity index (χ4v) is 2.39. The number of hydrogen-bond acceptors (Lipinski definition) is 4. The first-order valence-corrected chi connectivity index (χ1v) is 6.31.